The number of hydrogen-bond donors (Lipinski definition) is 1. The number of anilines is 1. The van der Waals surface area contributed by atoms with Crippen molar-refractivity contribution in [2.45, 2.75) is 50.2 Å². The molecule has 1 aromatic heterocycles. The van der Waals surface area contributed by atoms with Gasteiger partial charge in [0.2, 0.25) is 0 Å². The van der Waals surface area contributed by atoms with Crippen LogP contribution >= 0.6 is 11.6 Å². The maximum atomic E-state index is 13.0. The Hall–Kier alpha value is -2.07. The highest BCUT2D eigenvalue weighted by Gasteiger charge is 2.51. The van der Waals surface area contributed by atoms with Gasteiger partial charge in [-0.15, -0.1) is 0 Å². The van der Waals surface area contributed by atoms with Gasteiger partial charge in [0.15, 0.2) is 0 Å². The number of urea groups is 1. The summed E-state index contributed by atoms with van der Waals surface area (Å²) in [6.45, 7) is 2.22. The highest BCUT2D eigenvalue weighted by Crippen LogP contribution is 2.35. The molecule has 3 amide bonds. The van der Waals surface area contributed by atoms with Gasteiger partial charge in [-0.2, -0.15) is 13.2 Å². The van der Waals surface area contributed by atoms with Gasteiger partial charge in [-0.3, -0.25) is 9.69 Å². The first-order valence-electron chi connectivity index (χ1n) is 10.5. The van der Waals surface area contributed by atoms with Crippen molar-refractivity contribution < 1.29 is 22.8 Å². The second-order valence-corrected chi connectivity index (χ2v) is 8.84. The van der Waals surface area contributed by atoms with Crippen LogP contribution in [-0.4, -0.2) is 65.1 Å². The van der Waals surface area contributed by atoms with Crippen LogP contribution in [0.25, 0.3) is 0 Å². The number of nitrogens with one attached hydrogen (secondary N) is 1. The highest BCUT2D eigenvalue weighted by molar-refractivity contribution is 6.33. The lowest BCUT2D eigenvalue weighted by Crippen LogP contribution is -2.52. The van der Waals surface area contributed by atoms with Gasteiger partial charge in [0.05, 0.1) is 17.3 Å². The van der Waals surface area contributed by atoms with Crippen molar-refractivity contribution in [3.05, 3.63) is 22.8 Å². The first-order valence-corrected chi connectivity index (χ1v) is 10.9. The second-order valence-electron chi connectivity index (χ2n) is 8.43. The van der Waals surface area contributed by atoms with Crippen molar-refractivity contribution in [3.8, 4) is 0 Å². The third-order valence-electron chi connectivity index (χ3n) is 6.37. The molecule has 0 bridgehead atoms. The molecule has 170 valence electrons. The Labute approximate surface area is 183 Å². The van der Waals surface area contributed by atoms with Crippen LogP contribution in [0.5, 0.6) is 0 Å². The SMILES string of the molecule is O=C1NC2(CCCCCC2)C(=O)N1CN1CCN(c2ncc(C(F)(F)F)cc2Cl)CC1. The van der Waals surface area contributed by atoms with Gasteiger partial charge in [-0.05, 0) is 18.9 Å². The van der Waals surface area contributed by atoms with E-state index in [0.717, 1.165) is 37.9 Å². The summed E-state index contributed by atoms with van der Waals surface area (Å²) in [5, 5.41) is 2.89. The third-order valence-corrected chi connectivity index (χ3v) is 6.64. The van der Waals surface area contributed by atoms with E-state index in [2.05, 4.69) is 10.3 Å². The van der Waals surface area contributed by atoms with Gasteiger partial charge in [-0.1, -0.05) is 37.3 Å². The zero-order valence-electron chi connectivity index (χ0n) is 17.1. The van der Waals surface area contributed by atoms with Crippen LogP contribution in [0.2, 0.25) is 5.02 Å². The average Bonchev–Trinajstić information content (AvgIpc) is 2.88. The molecule has 2 aliphatic heterocycles. The van der Waals surface area contributed by atoms with Crippen molar-refractivity contribution in [2.24, 2.45) is 0 Å². The summed E-state index contributed by atoms with van der Waals surface area (Å²) < 4.78 is 38.5. The summed E-state index contributed by atoms with van der Waals surface area (Å²) in [5.74, 6) is 0.163. The molecule has 0 radical (unpaired) electrons. The van der Waals surface area contributed by atoms with Crippen molar-refractivity contribution >= 4 is 29.4 Å². The van der Waals surface area contributed by atoms with E-state index in [9.17, 15) is 22.8 Å². The van der Waals surface area contributed by atoms with Crippen molar-refractivity contribution in [2.75, 3.05) is 37.7 Å². The lowest BCUT2D eigenvalue weighted by atomic mass is 9.90. The molecule has 31 heavy (non-hydrogen) atoms. The van der Waals surface area contributed by atoms with Crippen LogP contribution in [0.1, 0.15) is 44.1 Å². The molecule has 3 aliphatic rings. The molecule has 7 nitrogen and oxygen atoms in total. The number of alkyl halides is 3. The van der Waals surface area contributed by atoms with Gasteiger partial charge in [0.25, 0.3) is 5.91 Å². The smallest absolute Gasteiger partial charge is 0.353 e. The third kappa shape index (κ3) is 4.45. The molecule has 1 spiro atoms. The van der Waals surface area contributed by atoms with E-state index in [1.54, 1.807) is 0 Å². The van der Waals surface area contributed by atoms with Gasteiger partial charge < -0.3 is 10.2 Å². The van der Waals surface area contributed by atoms with E-state index >= 15 is 0 Å². The number of halogens is 4. The maximum Gasteiger partial charge on any atom is 0.417 e. The van der Waals surface area contributed by atoms with E-state index in [-0.39, 0.29) is 23.6 Å². The number of hydrogen-bond acceptors (Lipinski definition) is 5. The quantitative estimate of drug-likeness (QED) is 0.701. The standard InChI is InChI=1S/C20H25ClF3N5O2/c21-15-11-14(20(22,23)24)12-25-16(15)28-9-7-27(8-10-28)13-29-17(30)19(26-18(29)31)5-3-1-2-4-6-19/h11-12H,1-10,13H2,(H,26,31). The summed E-state index contributed by atoms with van der Waals surface area (Å²) >= 11 is 6.05. The van der Waals surface area contributed by atoms with Crippen LogP contribution in [0.3, 0.4) is 0 Å². The number of aromatic nitrogens is 1. The zero-order chi connectivity index (χ0) is 22.2. The lowest BCUT2D eigenvalue weighted by Gasteiger charge is -2.37. The van der Waals surface area contributed by atoms with Crippen molar-refractivity contribution in [1.29, 1.82) is 0 Å². The van der Waals surface area contributed by atoms with Crippen LogP contribution < -0.4 is 10.2 Å². The van der Waals surface area contributed by atoms with Gasteiger partial charge in [0.1, 0.15) is 11.4 Å². The molecule has 3 fully saturated rings. The van der Waals surface area contributed by atoms with E-state index in [1.165, 1.54) is 4.90 Å². The molecule has 0 unspecified atom stereocenters. The molecule has 1 aliphatic carbocycles. The number of piperazine rings is 1. The predicted octanol–water partition coefficient (Wildman–Crippen LogP) is 3.48. The Morgan fingerprint density at radius 1 is 1.06 bits per heavy atom. The van der Waals surface area contributed by atoms with Crippen molar-refractivity contribution in [1.82, 2.24) is 20.1 Å². The summed E-state index contributed by atoms with van der Waals surface area (Å²) in [6, 6.07) is 0.539. The summed E-state index contributed by atoms with van der Waals surface area (Å²) in [7, 11) is 0. The van der Waals surface area contributed by atoms with Gasteiger partial charge in [0, 0.05) is 32.4 Å². The molecule has 1 N–H and O–H groups in total. The van der Waals surface area contributed by atoms with Gasteiger partial charge in [-0.25, -0.2) is 14.7 Å². The van der Waals surface area contributed by atoms with E-state index in [0.29, 0.717) is 44.8 Å². The van der Waals surface area contributed by atoms with E-state index in [1.807, 2.05) is 9.80 Å². The molecule has 3 heterocycles. The topological polar surface area (TPSA) is 68.8 Å². The highest BCUT2D eigenvalue weighted by atomic mass is 35.5. The Morgan fingerprint density at radius 2 is 1.71 bits per heavy atom. The number of amides is 3. The Morgan fingerprint density at radius 3 is 2.29 bits per heavy atom. The molecule has 1 aromatic rings. The molecule has 0 aromatic carbocycles. The first-order chi connectivity index (χ1) is 14.7. The normalized spacial score (nSPS) is 22.7. The molecule has 0 atom stereocenters. The minimum absolute atomic E-state index is 0.0484. The van der Waals surface area contributed by atoms with Crippen LogP contribution in [0, 0.1) is 0 Å². The summed E-state index contributed by atoms with van der Waals surface area (Å²) in [4.78, 5) is 34.6. The number of pyridine rings is 1. The Balaban J connectivity index is 1.36. The monoisotopic (exact) mass is 459 g/mol. The predicted molar refractivity (Wildman–Crippen MR) is 109 cm³/mol. The fourth-order valence-electron chi connectivity index (χ4n) is 4.60. The summed E-state index contributed by atoms with van der Waals surface area (Å²) in [6.07, 6.45) is 1.66. The fraction of sp³-hybridized carbons (Fsp3) is 0.650. The first kappa shape index (κ1) is 22.1. The number of carbonyl (C=O) groups is 2. The molecule has 4 rings (SSSR count). The van der Waals surface area contributed by atoms with Gasteiger partial charge >= 0.3 is 12.2 Å². The van der Waals surface area contributed by atoms with Crippen LogP contribution in [0.15, 0.2) is 12.3 Å². The Bertz CT molecular complexity index is 850. The lowest BCUT2D eigenvalue weighted by molar-refractivity contribution is -0.138. The number of imide groups is 1. The molecular weight excluding hydrogens is 435 g/mol. The van der Waals surface area contributed by atoms with E-state index < -0.39 is 17.3 Å². The largest absolute Gasteiger partial charge is 0.417 e. The van der Waals surface area contributed by atoms with E-state index in [4.69, 9.17) is 11.6 Å². The second kappa shape index (κ2) is 8.46. The average molecular weight is 460 g/mol. The molecule has 1 saturated carbocycles. The number of rotatable bonds is 3. The summed E-state index contributed by atoms with van der Waals surface area (Å²) in [5.41, 5.74) is -1.64. The number of carbonyl (C=O) groups excluding carboxylic acids is 2. The van der Waals surface area contributed by atoms with Crippen LogP contribution in [0.4, 0.5) is 23.8 Å². The molecule has 11 heteroatoms. The fourth-order valence-corrected chi connectivity index (χ4v) is 4.88. The minimum atomic E-state index is -4.49. The number of nitrogens with zero attached hydrogens (tertiary/aromatic N) is 4. The minimum Gasteiger partial charge on any atom is -0.353 e. The van der Waals surface area contributed by atoms with Crippen LogP contribution in [-0.2, 0) is 11.0 Å². The maximum absolute atomic E-state index is 13.0. The molecular formula is C20H25ClF3N5O2. The Kier molecular flexibility index (Phi) is 6.04. The molecule has 2 saturated heterocycles. The van der Waals surface area contributed by atoms with Crippen molar-refractivity contribution in [3.63, 3.8) is 0 Å². The zero-order valence-corrected chi connectivity index (χ0v) is 17.8.